The van der Waals surface area contributed by atoms with E-state index in [1.54, 1.807) is 0 Å². The van der Waals surface area contributed by atoms with Gasteiger partial charge in [0.25, 0.3) is 0 Å². The van der Waals surface area contributed by atoms with Crippen LogP contribution in [0.1, 0.15) is 43.9 Å². The Morgan fingerprint density at radius 2 is 1.69 bits per heavy atom. The van der Waals surface area contributed by atoms with Crippen LogP contribution < -0.4 is 5.32 Å². The van der Waals surface area contributed by atoms with Gasteiger partial charge in [0, 0.05) is 12.6 Å². The molecule has 1 N–H and O–H groups in total. The number of aryl methyl sites for hydroxylation is 2. The molecule has 1 heteroatoms. The molecule has 0 aliphatic heterocycles. The molecule has 1 nitrogen and oxygen atoms in total. The highest BCUT2D eigenvalue weighted by Crippen LogP contribution is 2.14. The van der Waals surface area contributed by atoms with Gasteiger partial charge in [0.1, 0.15) is 0 Å². The van der Waals surface area contributed by atoms with E-state index in [4.69, 9.17) is 0 Å². The van der Waals surface area contributed by atoms with Gasteiger partial charge in [0.15, 0.2) is 0 Å². The summed E-state index contributed by atoms with van der Waals surface area (Å²) in [5, 5.41) is 3.63. The van der Waals surface area contributed by atoms with Crippen LogP contribution in [0.4, 0.5) is 0 Å². The Balaban J connectivity index is 2.61. The van der Waals surface area contributed by atoms with E-state index in [1.807, 2.05) is 0 Å². The van der Waals surface area contributed by atoms with E-state index in [1.165, 1.54) is 23.1 Å². The highest BCUT2D eigenvalue weighted by molar-refractivity contribution is 5.33. The fourth-order valence-electron chi connectivity index (χ4n) is 1.95. The quantitative estimate of drug-likeness (QED) is 0.793. The van der Waals surface area contributed by atoms with Gasteiger partial charge in [-0.1, -0.05) is 38.5 Å². The summed E-state index contributed by atoms with van der Waals surface area (Å²) in [7, 11) is 0. The first kappa shape index (κ1) is 13.2. The minimum atomic E-state index is 0.587. The van der Waals surface area contributed by atoms with Gasteiger partial charge in [0.05, 0.1) is 0 Å². The van der Waals surface area contributed by atoms with Gasteiger partial charge in [-0.2, -0.15) is 0 Å². The van der Waals surface area contributed by atoms with Crippen LogP contribution in [0.2, 0.25) is 0 Å². The molecular formula is C15H25N. The van der Waals surface area contributed by atoms with Crippen molar-refractivity contribution >= 4 is 0 Å². The molecule has 0 heterocycles. The monoisotopic (exact) mass is 219 g/mol. The molecule has 0 aliphatic carbocycles. The Hall–Kier alpha value is -0.820. The normalized spacial score (nSPS) is 14.8. The molecule has 0 aromatic heterocycles. The third-order valence-corrected chi connectivity index (χ3v) is 3.74. The third kappa shape index (κ3) is 3.34. The maximum atomic E-state index is 3.63. The summed E-state index contributed by atoms with van der Waals surface area (Å²) in [5.74, 6) is 0.740. The summed E-state index contributed by atoms with van der Waals surface area (Å²) >= 11 is 0. The number of benzene rings is 1. The van der Waals surface area contributed by atoms with E-state index < -0.39 is 0 Å². The highest BCUT2D eigenvalue weighted by Gasteiger charge is 2.10. The number of rotatable bonds is 5. The zero-order valence-corrected chi connectivity index (χ0v) is 11.3. The van der Waals surface area contributed by atoms with Crippen molar-refractivity contribution in [3.8, 4) is 0 Å². The van der Waals surface area contributed by atoms with Crippen LogP contribution in [0, 0.1) is 19.8 Å². The summed E-state index contributed by atoms with van der Waals surface area (Å²) in [5.41, 5.74) is 4.24. The molecule has 1 rings (SSSR count). The zero-order valence-electron chi connectivity index (χ0n) is 11.3. The van der Waals surface area contributed by atoms with E-state index >= 15 is 0 Å². The number of hydrogen-bond acceptors (Lipinski definition) is 1. The topological polar surface area (TPSA) is 12.0 Å². The zero-order chi connectivity index (χ0) is 12.1. The lowest BCUT2D eigenvalue weighted by Crippen LogP contribution is -2.31. The summed E-state index contributed by atoms with van der Waals surface area (Å²) in [6, 6.07) is 7.10. The van der Waals surface area contributed by atoms with Crippen molar-refractivity contribution in [1.29, 1.82) is 0 Å². The van der Waals surface area contributed by atoms with Crippen molar-refractivity contribution in [2.75, 3.05) is 0 Å². The Morgan fingerprint density at radius 3 is 2.19 bits per heavy atom. The minimum Gasteiger partial charge on any atom is -0.310 e. The van der Waals surface area contributed by atoms with Gasteiger partial charge in [-0.15, -0.1) is 0 Å². The van der Waals surface area contributed by atoms with Gasteiger partial charge < -0.3 is 5.32 Å². The van der Waals surface area contributed by atoms with Gasteiger partial charge in [0.2, 0.25) is 0 Å². The lowest BCUT2D eigenvalue weighted by atomic mass is 9.99. The van der Waals surface area contributed by atoms with Crippen molar-refractivity contribution in [2.24, 2.45) is 5.92 Å². The molecule has 16 heavy (non-hydrogen) atoms. The second kappa shape index (κ2) is 6.05. The fraction of sp³-hybridized carbons (Fsp3) is 0.600. The van der Waals surface area contributed by atoms with Crippen molar-refractivity contribution in [3.63, 3.8) is 0 Å². The molecule has 0 amide bonds. The van der Waals surface area contributed by atoms with Crippen molar-refractivity contribution in [1.82, 2.24) is 5.32 Å². The summed E-state index contributed by atoms with van der Waals surface area (Å²) in [6.07, 6.45) is 1.24. The second-order valence-electron chi connectivity index (χ2n) is 4.93. The predicted molar refractivity (Wildman–Crippen MR) is 71.7 cm³/mol. The maximum absolute atomic E-state index is 3.63. The van der Waals surface area contributed by atoms with Crippen LogP contribution in [0.25, 0.3) is 0 Å². The Labute approximate surface area is 100 Å². The predicted octanol–water partition coefficient (Wildman–Crippen LogP) is 3.83. The first-order valence-electron chi connectivity index (χ1n) is 6.34. The van der Waals surface area contributed by atoms with E-state index in [-0.39, 0.29) is 0 Å². The molecular weight excluding hydrogens is 194 g/mol. The highest BCUT2D eigenvalue weighted by atomic mass is 14.9. The van der Waals surface area contributed by atoms with Crippen LogP contribution in [0.5, 0.6) is 0 Å². The van der Waals surface area contributed by atoms with Gasteiger partial charge >= 0.3 is 0 Å². The van der Waals surface area contributed by atoms with E-state index in [0.29, 0.717) is 6.04 Å². The third-order valence-electron chi connectivity index (χ3n) is 3.74. The molecule has 0 saturated carbocycles. The van der Waals surface area contributed by atoms with Crippen LogP contribution in [0.3, 0.4) is 0 Å². The lowest BCUT2D eigenvalue weighted by molar-refractivity contribution is 0.389. The van der Waals surface area contributed by atoms with Crippen molar-refractivity contribution in [2.45, 2.75) is 53.6 Å². The average molecular weight is 219 g/mol. The van der Waals surface area contributed by atoms with E-state index in [0.717, 1.165) is 12.5 Å². The molecule has 0 saturated heterocycles. The molecule has 0 bridgehead atoms. The first-order valence-corrected chi connectivity index (χ1v) is 6.34. The van der Waals surface area contributed by atoms with Gasteiger partial charge in [-0.3, -0.25) is 0 Å². The number of nitrogens with one attached hydrogen (secondary N) is 1. The summed E-state index contributed by atoms with van der Waals surface area (Å²) in [4.78, 5) is 0. The van der Waals surface area contributed by atoms with Crippen molar-refractivity contribution in [3.05, 3.63) is 34.9 Å². The SMILES string of the molecule is CCC(C)C(C)NCc1c(C)cccc1C. The second-order valence-corrected chi connectivity index (χ2v) is 4.93. The lowest BCUT2D eigenvalue weighted by Gasteiger charge is -2.21. The molecule has 2 unspecified atom stereocenters. The number of hydrogen-bond donors (Lipinski definition) is 1. The molecule has 2 atom stereocenters. The van der Waals surface area contributed by atoms with E-state index in [9.17, 15) is 0 Å². The summed E-state index contributed by atoms with van der Waals surface area (Å²) < 4.78 is 0. The summed E-state index contributed by atoms with van der Waals surface area (Å²) in [6.45, 7) is 12.2. The smallest absolute Gasteiger partial charge is 0.0213 e. The molecule has 1 aromatic carbocycles. The maximum Gasteiger partial charge on any atom is 0.0213 e. The minimum absolute atomic E-state index is 0.587. The average Bonchev–Trinajstić information content (AvgIpc) is 2.27. The molecule has 0 radical (unpaired) electrons. The van der Waals surface area contributed by atoms with Crippen LogP contribution in [-0.4, -0.2) is 6.04 Å². The molecule has 0 spiro atoms. The van der Waals surface area contributed by atoms with Gasteiger partial charge in [-0.05, 0) is 43.4 Å². The van der Waals surface area contributed by atoms with Crippen molar-refractivity contribution < 1.29 is 0 Å². The standard InChI is InChI=1S/C15H25N/c1-6-11(2)14(5)16-10-15-12(3)8-7-9-13(15)4/h7-9,11,14,16H,6,10H2,1-5H3. The largest absolute Gasteiger partial charge is 0.310 e. The van der Waals surface area contributed by atoms with Crippen LogP contribution in [0.15, 0.2) is 18.2 Å². The first-order chi connectivity index (χ1) is 7.56. The molecule has 0 fully saturated rings. The molecule has 1 aromatic rings. The Bertz CT molecular complexity index is 310. The Kier molecular flexibility index (Phi) is 5.01. The van der Waals surface area contributed by atoms with Crippen LogP contribution in [-0.2, 0) is 6.54 Å². The molecule has 90 valence electrons. The van der Waals surface area contributed by atoms with Gasteiger partial charge in [-0.25, -0.2) is 0 Å². The fourth-order valence-corrected chi connectivity index (χ4v) is 1.95. The van der Waals surface area contributed by atoms with Crippen LogP contribution >= 0.6 is 0 Å². The van der Waals surface area contributed by atoms with E-state index in [2.05, 4.69) is 58.1 Å². The Morgan fingerprint density at radius 1 is 1.12 bits per heavy atom. The molecule has 0 aliphatic rings.